The fraction of sp³-hybridized carbons (Fsp3) is 0.688. The van der Waals surface area contributed by atoms with Crippen LogP contribution in [0.2, 0.25) is 0 Å². The molecule has 1 saturated heterocycles. The highest BCUT2D eigenvalue weighted by Crippen LogP contribution is 2.43. The number of piperidine rings is 1. The van der Waals surface area contributed by atoms with Gasteiger partial charge in [-0.05, 0) is 49.5 Å². The standard InChI is InChI=1S/C16H23N3/c1-6-17-19(7-1)16-4-8-18(9-5-16)12-15-11-13-2-3-14(15)10-13/h1-3,6-7,13-16H,4-5,8-12H2/t13-,14-,15+/m0/s1. The average Bonchev–Trinajstić information content (AvgIpc) is 3.17. The summed E-state index contributed by atoms with van der Waals surface area (Å²) in [7, 11) is 0. The quantitative estimate of drug-likeness (QED) is 0.776. The number of allylic oxidation sites excluding steroid dienone is 2. The Hall–Kier alpha value is -1.09. The lowest BCUT2D eigenvalue weighted by atomic mass is 9.92. The van der Waals surface area contributed by atoms with E-state index in [1.165, 1.54) is 45.3 Å². The molecular formula is C16H23N3. The van der Waals surface area contributed by atoms with Crippen LogP contribution in [0.3, 0.4) is 0 Å². The van der Waals surface area contributed by atoms with Crippen molar-refractivity contribution in [2.24, 2.45) is 17.8 Å². The number of fused-ring (bicyclic) bond motifs is 2. The monoisotopic (exact) mass is 257 g/mol. The van der Waals surface area contributed by atoms with Gasteiger partial charge in [-0.25, -0.2) is 0 Å². The van der Waals surface area contributed by atoms with Crippen molar-refractivity contribution in [3.63, 3.8) is 0 Å². The molecule has 2 fully saturated rings. The second kappa shape index (κ2) is 4.78. The van der Waals surface area contributed by atoms with Crippen LogP contribution in [0, 0.1) is 17.8 Å². The van der Waals surface area contributed by atoms with E-state index in [4.69, 9.17) is 0 Å². The van der Waals surface area contributed by atoms with Crippen molar-refractivity contribution >= 4 is 0 Å². The number of aromatic nitrogens is 2. The highest BCUT2D eigenvalue weighted by Gasteiger charge is 2.36. The highest BCUT2D eigenvalue weighted by molar-refractivity contribution is 5.10. The zero-order valence-corrected chi connectivity index (χ0v) is 11.5. The maximum absolute atomic E-state index is 4.39. The van der Waals surface area contributed by atoms with Crippen LogP contribution in [-0.2, 0) is 0 Å². The minimum atomic E-state index is 0.631. The summed E-state index contributed by atoms with van der Waals surface area (Å²) < 4.78 is 2.15. The predicted molar refractivity (Wildman–Crippen MR) is 75.8 cm³/mol. The second-order valence-electron chi connectivity index (χ2n) is 6.56. The summed E-state index contributed by atoms with van der Waals surface area (Å²) in [6, 6.07) is 2.67. The molecule has 2 bridgehead atoms. The van der Waals surface area contributed by atoms with E-state index >= 15 is 0 Å². The zero-order chi connectivity index (χ0) is 12.7. The predicted octanol–water partition coefficient (Wildman–Crippen LogP) is 2.73. The Morgan fingerprint density at radius 1 is 1.11 bits per heavy atom. The van der Waals surface area contributed by atoms with Crippen molar-refractivity contribution in [2.75, 3.05) is 19.6 Å². The molecule has 0 radical (unpaired) electrons. The van der Waals surface area contributed by atoms with Crippen molar-refractivity contribution in [3.05, 3.63) is 30.6 Å². The van der Waals surface area contributed by atoms with Gasteiger partial charge in [0.15, 0.2) is 0 Å². The SMILES string of the molecule is C1=C[C@H]2C[C@H]1C[C@@H]2CN1CCC(n2cccn2)CC1. The van der Waals surface area contributed by atoms with Crippen LogP contribution in [0.15, 0.2) is 30.6 Å². The molecule has 0 aromatic carbocycles. The number of likely N-dealkylation sites (tertiary alicyclic amines) is 1. The molecule has 19 heavy (non-hydrogen) atoms. The Bertz CT molecular complexity index is 443. The average molecular weight is 257 g/mol. The maximum Gasteiger partial charge on any atom is 0.0543 e. The van der Waals surface area contributed by atoms with Crippen molar-refractivity contribution in [3.8, 4) is 0 Å². The molecule has 1 aromatic heterocycles. The molecule has 1 aromatic rings. The summed E-state index contributed by atoms with van der Waals surface area (Å²) in [5.41, 5.74) is 0. The van der Waals surface area contributed by atoms with Gasteiger partial charge in [0.2, 0.25) is 0 Å². The largest absolute Gasteiger partial charge is 0.303 e. The first-order chi connectivity index (χ1) is 9.38. The molecule has 0 amide bonds. The summed E-state index contributed by atoms with van der Waals surface area (Å²) in [5.74, 6) is 2.75. The molecule has 3 atom stereocenters. The van der Waals surface area contributed by atoms with Gasteiger partial charge in [-0.15, -0.1) is 0 Å². The van der Waals surface area contributed by atoms with Crippen LogP contribution in [0.4, 0.5) is 0 Å². The fourth-order valence-corrected chi connectivity index (χ4v) is 4.30. The second-order valence-corrected chi connectivity index (χ2v) is 6.56. The van der Waals surface area contributed by atoms with Crippen LogP contribution < -0.4 is 0 Å². The van der Waals surface area contributed by atoms with Gasteiger partial charge < -0.3 is 4.90 Å². The molecule has 1 saturated carbocycles. The lowest BCUT2D eigenvalue weighted by molar-refractivity contribution is 0.149. The zero-order valence-electron chi connectivity index (χ0n) is 11.5. The van der Waals surface area contributed by atoms with E-state index in [2.05, 4.69) is 33.0 Å². The van der Waals surface area contributed by atoms with E-state index < -0.39 is 0 Å². The topological polar surface area (TPSA) is 21.1 Å². The van der Waals surface area contributed by atoms with Gasteiger partial charge in [-0.3, -0.25) is 4.68 Å². The Kier molecular flexibility index (Phi) is 2.95. The van der Waals surface area contributed by atoms with E-state index in [-0.39, 0.29) is 0 Å². The number of hydrogen-bond donors (Lipinski definition) is 0. The van der Waals surface area contributed by atoms with E-state index in [0.29, 0.717) is 6.04 Å². The summed E-state index contributed by atoms with van der Waals surface area (Å²) in [4.78, 5) is 2.69. The maximum atomic E-state index is 4.39. The molecule has 2 heterocycles. The van der Waals surface area contributed by atoms with Gasteiger partial charge in [0.05, 0.1) is 6.04 Å². The minimum Gasteiger partial charge on any atom is -0.303 e. The van der Waals surface area contributed by atoms with Crippen LogP contribution in [0.25, 0.3) is 0 Å². The third-order valence-corrected chi connectivity index (χ3v) is 5.37. The van der Waals surface area contributed by atoms with Crippen molar-refractivity contribution < 1.29 is 0 Å². The first-order valence-corrected chi connectivity index (χ1v) is 7.78. The normalized spacial score (nSPS) is 35.3. The van der Waals surface area contributed by atoms with Crippen molar-refractivity contribution in [1.29, 1.82) is 0 Å². The minimum absolute atomic E-state index is 0.631. The third kappa shape index (κ3) is 2.25. The van der Waals surface area contributed by atoms with E-state index in [1.807, 2.05) is 12.3 Å². The van der Waals surface area contributed by atoms with Gasteiger partial charge in [0, 0.05) is 32.0 Å². The van der Waals surface area contributed by atoms with Crippen molar-refractivity contribution in [1.82, 2.24) is 14.7 Å². The molecule has 3 heteroatoms. The van der Waals surface area contributed by atoms with E-state index in [0.717, 1.165) is 17.8 Å². The number of hydrogen-bond acceptors (Lipinski definition) is 2. The lowest BCUT2D eigenvalue weighted by Crippen LogP contribution is -2.38. The van der Waals surface area contributed by atoms with Gasteiger partial charge in [-0.1, -0.05) is 12.2 Å². The molecule has 0 spiro atoms. The Balaban J connectivity index is 1.30. The molecule has 1 aliphatic heterocycles. The Morgan fingerprint density at radius 2 is 2.00 bits per heavy atom. The van der Waals surface area contributed by atoms with Crippen LogP contribution in [0.5, 0.6) is 0 Å². The molecule has 0 unspecified atom stereocenters. The summed E-state index contributed by atoms with van der Waals surface area (Å²) in [6.07, 6.45) is 14.3. The third-order valence-electron chi connectivity index (χ3n) is 5.37. The molecule has 2 aliphatic carbocycles. The Morgan fingerprint density at radius 3 is 2.63 bits per heavy atom. The van der Waals surface area contributed by atoms with Crippen molar-refractivity contribution in [2.45, 2.75) is 31.7 Å². The van der Waals surface area contributed by atoms with Gasteiger partial charge in [-0.2, -0.15) is 5.10 Å². The van der Waals surface area contributed by atoms with Crippen LogP contribution in [-0.4, -0.2) is 34.3 Å². The van der Waals surface area contributed by atoms with Crippen LogP contribution in [0.1, 0.15) is 31.7 Å². The fourth-order valence-electron chi connectivity index (χ4n) is 4.30. The van der Waals surface area contributed by atoms with Crippen LogP contribution >= 0.6 is 0 Å². The molecule has 4 rings (SSSR count). The molecule has 102 valence electrons. The number of rotatable bonds is 3. The first-order valence-electron chi connectivity index (χ1n) is 7.78. The van der Waals surface area contributed by atoms with Gasteiger partial charge >= 0.3 is 0 Å². The highest BCUT2D eigenvalue weighted by atomic mass is 15.3. The van der Waals surface area contributed by atoms with E-state index in [9.17, 15) is 0 Å². The number of nitrogens with zero attached hydrogens (tertiary/aromatic N) is 3. The van der Waals surface area contributed by atoms with Gasteiger partial charge in [0.25, 0.3) is 0 Å². The summed E-state index contributed by atoms with van der Waals surface area (Å²) >= 11 is 0. The Labute approximate surface area is 115 Å². The summed E-state index contributed by atoms with van der Waals surface area (Å²) in [5, 5.41) is 4.39. The lowest BCUT2D eigenvalue weighted by Gasteiger charge is -2.34. The van der Waals surface area contributed by atoms with Gasteiger partial charge in [0.1, 0.15) is 0 Å². The first kappa shape index (κ1) is 11.7. The molecule has 0 N–H and O–H groups in total. The smallest absolute Gasteiger partial charge is 0.0543 e. The molecule has 3 aliphatic rings. The molecule has 3 nitrogen and oxygen atoms in total. The summed E-state index contributed by atoms with van der Waals surface area (Å²) in [6.45, 7) is 3.83. The van der Waals surface area contributed by atoms with E-state index in [1.54, 1.807) is 0 Å². The molecular weight excluding hydrogens is 234 g/mol.